The first-order valence-corrected chi connectivity index (χ1v) is 4.51. The summed E-state index contributed by atoms with van der Waals surface area (Å²) in [7, 11) is 0. The zero-order valence-electron chi connectivity index (χ0n) is 6.74. The van der Waals surface area contributed by atoms with Crippen LogP contribution in [-0.2, 0) is 0 Å². The van der Waals surface area contributed by atoms with Crippen LogP contribution in [0.3, 0.4) is 0 Å². The topological polar surface area (TPSA) is 12.9 Å². The molecular weight excluding hydrogens is 275 g/mol. The quantitative estimate of drug-likeness (QED) is 0.721. The van der Waals surface area contributed by atoms with Crippen molar-refractivity contribution in [2.45, 2.75) is 20.3 Å². The zero-order valence-corrected chi connectivity index (χ0v) is 8.89. The molecule has 0 fully saturated rings. The average molecular weight is 283 g/mol. The predicted octanol–water partition coefficient (Wildman–Crippen LogP) is 3.24. The molecule has 0 atom stereocenters. The lowest BCUT2D eigenvalue weighted by atomic mass is 10.1. The number of alkyl halides is 2. The number of rotatable bonds is 1. The summed E-state index contributed by atoms with van der Waals surface area (Å²) >= 11 is 1.90. The van der Waals surface area contributed by atoms with Gasteiger partial charge in [-0.1, -0.05) is 0 Å². The smallest absolute Gasteiger partial charge is 0.254 e. The van der Waals surface area contributed by atoms with Crippen molar-refractivity contribution in [1.29, 1.82) is 0 Å². The lowest BCUT2D eigenvalue weighted by Gasteiger charge is -2.06. The Balaban J connectivity index is 3.27. The molecule has 4 heteroatoms. The van der Waals surface area contributed by atoms with E-state index in [4.69, 9.17) is 0 Å². The van der Waals surface area contributed by atoms with Gasteiger partial charge < -0.3 is 0 Å². The molecule has 1 aromatic heterocycles. The summed E-state index contributed by atoms with van der Waals surface area (Å²) in [6, 6.07) is 0. The predicted molar refractivity (Wildman–Crippen MR) is 51.4 cm³/mol. The van der Waals surface area contributed by atoms with Crippen molar-refractivity contribution in [2.24, 2.45) is 0 Å². The van der Waals surface area contributed by atoms with Gasteiger partial charge >= 0.3 is 0 Å². The number of hydrogen-bond acceptors (Lipinski definition) is 1. The fraction of sp³-hybridized carbons (Fsp3) is 0.375. The molecule has 0 spiro atoms. The van der Waals surface area contributed by atoms with Gasteiger partial charge in [0, 0.05) is 9.77 Å². The maximum atomic E-state index is 12.3. The molecule has 1 heterocycles. The van der Waals surface area contributed by atoms with Crippen molar-refractivity contribution in [2.75, 3.05) is 0 Å². The fourth-order valence-electron chi connectivity index (χ4n) is 0.837. The van der Waals surface area contributed by atoms with Crippen LogP contribution in [-0.4, -0.2) is 4.98 Å². The molecule has 0 unspecified atom stereocenters. The largest absolute Gasteiger partial charge is 0.281 e. The van der Waals surface area contributed by atoms with E-state index < -0.39 is 6.43 Å². The maximum Gasteiger partial charge on any atom is 0.281 e. The Bertz CT molecular complexity index is 299. The first-order chi connectivity index (χ1) is 5.54. The van der Waals surface area contributed by atoms with E-state index >= 15 is 0 Å². The van der Waals surface area contributed by atoms with Gasteiger partial charge in [0.15, 0.2) is 0 Å². The number of hydrogen-bond donors (Lipinski definition) is 0. The normalized spacial score (nSPS) is 10.8. The Kier molecular flexibility index (Phi) is 2.98. The van der Waals surface area contributed by atoms with Crippen LogP contribution in [0.2, 0.25) is 0 Å². The van der Waals surface area contributed by atoms with Gasteiger partial charge in [0.05, 0.1) is 0 Å². The van der Waals surface area contributed by atoms with Crippen molar-refractivity contribution >= 4 is 22.6 Å². The van der Waals surface area contributed by atoms with Crippen molar-refractivity contribution < 1.29 is 8.78 Å². The van der Waals surface area contributed by atoms with E-state index in [0.29, 0.717) is 3.57 Å². The average Bonchev–Trinajstić information content (AvgIpc) is 2.00. The molecule has 66 valence electrons. The second-order valence-corrected chi connectivity index (χ2v) is 3.64. The molecule has 0 bridgehead atoms. The lowest BCUT2D eigenvalue weighted by molar-refractivity contribution is 0.145. The van der Waals surface area contributed by atoms with Crippen LogP contribution in [0.5, 0.6) is 0 Å². The van der Waals surface area contributed by atoms with Gasteiger partial charge in [0.1, 0.15) is 5.69 Å². The summed E-state index contributed by atoms with van der Waals surface area (Å²) < 4.78 is 25.1. The van der Waals surface area contributed by atoms with Crippen molar-refractivity contribution in [3.8, 4) is 0 Å². The van der Waals surface area contributed by atoms with Gasteiger partial charge in [-0.25, -0.2) is 8.78 Å². The number of aromatic nitrogens is 1. The molecule has 1 aromatic rings. The monoisotopic (exact) mass is 283 g/mol. The molecule has 0 radical (unpaired) electrons. The Morgan fingerprint density at radius 2 is 2.00 bits per heavy atom. The standard InChI is InChI=1S/C8H8F2IN/c1-4-3-12-7(8(9)10)6(11)5(4)2/h3,8H,1-2H3. The van der Waals surface area contributed by atoms with Crippen LogP contribution in [0.25, 0.3) is 0 Å². The second kappa shape index (κ2) is 3.64. The van der Waals surface area contributed by atoms with E-state index in [1.807, 2.05) is 36.4 Å². The molecular formula is C8H8F2IN. The van der Waals surface area contributed by atoms with Gasteiger partial charge in [-0.05, 0) is 47.6 Å². The molecule has 0 amide bonds. The molecule has 0 aliphatic carbocycles. The third-order valence-corrected chi connectivity index (χ3v) is 3.11. The van der Waals surface area contributed by atoms with Gasteiger partial charge in [-0.3, -0.25) is 4.98 Å². The van der Waals surface area contributed by atoms with Crippen LogP contribution < -0.4 is 0 Å². The number of halogens is 3. The van der Waals surface area contributed by atoms with Crippen molar-refractivity contribution in [1.82, 2.24) is 4.98 Å². The number of nitrogens with zero attached hydrogens (tertiary/aromatic N) is 1. The summed E-state index contributed by atoms with van der Waals surface area (Å²) in [4.78, 5) is 3.68. The number of aryl methyl sites for hydroxylation is 1. The molecule has 0 N–H and O–H groups in total. The SMILES string of the molecule is Cc1cnc(C(F)F)c(I)c1C. The molecule has 0 aliphatic heterocycles. The minimum atomic E-state index is -2.48. The Labute approximate surface area is 83.3 Å². The minimum absolute atomic E-state index is 0.112. The first kappa shape index (κ1) is 9.83. The lowest BCUT2D eigenvalue weighted by Crippen LogP contribution is -1.98. The molecule has 1 rings (SSSR count). The third-order valence-electron chi connectivity index (χ3n) is 1.75. The third kappa shape index (κ3) is 1.73. The van der Waals surface area contributed by atoms with Gasteiger partial charge in [-0.2, -0.15) is 0 Å². The van der Waals surface area contributed by atoms with Crippen molar-refractivity contribution in [3.63, 3.8) is 0 Å². The molecule has 0 aliphatic rings. The summed E-state index contributed by atoms with van der Waals surface area (Å²) in [6.45, 7) is 3.68. The van der Waals surface area contributed by atoms with Gasteiger partial charge in [-0.15, -0.1) is 0 Å². The van der Waals surface area contributed by atoms with Gasteiger partial charge in [0.2, 0.25) is 0 Å². The summed E-state index contributed by atoms with van der Waals surface area (Å²) in [5.74, 6) is 0. The van der Waals surface area contributed by atoms with E-state index in [2.05, 4.69) is 4.98 Å². The first-order valence-electron chi connectivity index (χ1n) is 3.43. The van der Waals surface area contributed by atoms with E-state index in [1.165, 1.54) is 6.20 Å². The van der Waals surface area contributed by atoms with Crippen LogP contribution >= 0.6 is 22.6 Å². The summed E-state index contributed by atoms with van der Waals surface area (Å²) in [6.07, 6.45) is -0.991. The summed E-state index contributed by atoms with van der Waals surface area (Å²) in [5, 5.41) is 0. The van der Waals surface area contributed by atoms with Crippen LogP contribution in [0.1, 0.15) is 23.2 Å². The maximum absolute atomic E-state index is 12.3. The van der Waals surface area contributed by atoms with E-state index in [0.717, 1.165) is 11.1 Å². The zero-order chi connectivity index (χ0) is 9.30. The second-order valence-electron chi connectivity index (χ2n) is 2.57. The van der Waals surface area contributed by atoms with E-state index in [-0.39, 0.29) is 5.69 Å². The summed E-state index contributed by atoms with van der Waals surface area (Å²) in [5.41, 5.74) is 1.73. The highest BCUT2D eigenvalue weighted by Crippen LogP contribution is 2.25. The Morgan fingerprint density at radius 1 is 1.42 bits per heavy atom. The molecule has 1 nitrogen and oxygen atoms in total. The highest BCUT2D eigenvalue weighted by atomic mass is 127. The van der Waals surface area contributed by atoms with Gasteiger partial charge in [0.25, 0.3) is 6.43 Å². The highest BCUT2D eigenvalue weighted by Gasteiger charge is 2.15. The number of pyridine rings is 1. The van der Waals surface area contributed by atoms with Crippen LogP contribution in [0, 0.1) is 17.4 Å². The molecule has 12 heavy (non-hydrogen) atoms. The minimum Gasteiger partial charge on any atom is -0.254 e. The molecule has 0 aromatic carbocycles. The van der Waals surface area contributed by atoms with E-state index in [9.17, 15) is 8.78 Å². The Morgan fingerprint density at radius 3 is 2.50 bits per heavy atom. The van der Waals surface area contributed by atoms with Crippen LogP contribution in [0.15, 0.2) is 6.20 Å². The fourth-order valence-corrected chi connectivity index (χ4v) is 1.64. The molecule has 0 saturated heterocycles. The van der Waals surface area contributed by atoms with Crippen LogP contribution in [0.4, 0.5) is 8.78 Å². The van der Waals surface area contributed by atoms with E-state index in [1.54, 1.807) is 0 Å². The Hall–Kier alpha value is -0.260. The highest BCUT2D eigenvalue weighted by molar-refractivity contribution is 14.1. The van der Waals surface area contributed by atoms with Crippen molar-refractivity contribution in [3.05, 3.63) is 26.6 Å². The molecule has 0 saturated carbocycles.